The molecule has 3 aromatic rings. The van der Waals surface area contributed by atoms with Gasteiger partial charge in [-0.05, 0) is 30.7 Å². The van der Waals surface area contributed by atoms with E-state index in [4.69, 9.17) is 4.42 Å². The summed E-state index contributed by atoms with van der Waals surface area (Å²) in [6, 6.07) is 11.8. The Balaban J connectivity index is 1.73. The molecule has 4 nitrogen and oxygen atoms in total. The van der Waals surface area contributed by atoms with Crippen molar-refractivity contribution in [3.8, 4) is 10.8 Å². The highest BCUT2D eigenvalue weighted by molar-refractivity contribution is 7.21. The zero-order chi connectivity index (χ0) is 14.7. The maximum Gasteiger partial charge on any atom is 0.220 e. The zero-order valence-corrected chi connectivity index (χ0v) is 12.6. The molecule has 0 fully saturated rings. The molecular weight excluding hydrogens is 284 g/mol. The molecule has 0 aliphatic heterocycles. The number of hydrogen-bond donors (Lipinski definition) is 1. The predicted molar refractivity (Wildman–Crippen MR) is 84.1 cm³/mol. The van der Waals surface area contributed by atoms with E-state index in [0.29, 0.717) is 13.0 Å². The van der Waals surface area contributed by atoms with E-state index < -0.39 is 0 Å². The Morgan fingerprint density at radius 2 is 2.14 bits per heavy atom. The number of fused-ring (bicyclic) bond motifs is 1. The van der Waals surface area contributed by atoms with Crippen LogP contribution >= 0.6 is 11.3 Å². The standard InChI is InChI=1S/C16H16N2O2S/c1-2-5-15(19)17-10-11-8-9-13(20-11)16-18-12-6-3-4-7-14(12)21-16/h3-4,6-9H,2,5,10H2,1H3,(H,17,19). The van der Waals surface area contributed by atoms with Gasteiger partial charge in [-0.3, -0.25) is 4.79 Å². The third-order valence-electron chi connectivity index (χ3n) is 3.10. The number of carbonyl (C=O) groups is 1. The largest absolute Gasteiger partial charge is 0.457 e. The van der Waals surface area contributed by atoms with Crippen LogP contribution in [-0.4, -0.2) is 10.9 Å². The zero-order valence-electron chi connectivity index (χ0n) is 11.8. The Hall–Kier alpha value is -2.14. The van der Waals surface area contributed by atoms with E-state index in [9.17, 15) is 4.79 Å². The van der Waals surface area contributed by atoms with Crippen molar-refractivity contribution in [3.63, 3.8) is 0 Å². The molecule has 0 aliphatic carbocycles. The number of hydrogen-bond acceptors (Lipinski definition) is 4. The number of aromatic nitrogens is 1. The topological polar surface area (TPSA) is 55.1 Å². The van der Waals surface area contributed by atoms with Crippen LogP contribution in [0.15, 0.2) is 40.8 Å². The molecule has 1 amide bonds. The first kappa shape index (κ1) is 13.8. The number of rotatable bonds is 5. The van der Waals surface area contributed by atoms with Gasteiger partial charge in [0.25, 0.3) is 0 Å². The van der Waals surface area contributed by atoms with Gasteiger partial charge >= 0.3 is 0 Å². The molecule has 3 rings (SSSR count). The van der Waals surface area contributed by atoms with Gasteiger partial charge in [-0.25, -0.2) is 4.98 Å². The summed E-state index contributed by atoms with van der Waals surface area (Å²) in [5, 5.41) is 3.70. The van der Waals surface area contributed by atoms with Gasteiger partial charge in [-0.15, -0.1) is 11.3 Å². The third-order valence-corrected chi connectivity index (χ3v) is 4.15. The SMILES string of the molecule is CCCC(=O)NCc1ccc(-c2nc3ccccc3s2)o1. The second-order valence-electron chi connectivity index (χ2n) is 4.78. The molecule has 0 bridgehead atoms. The maximum atomic E-state index is 11.4. The van der Waals surface area contributed by atoms with Crippen LogP contribution in [-0.2, 0) is 11.3 Å². The molecule has 0 aliphatic rings. The van der Waals surface area contributed by atoms with E-state index >= 15 is 0 Å². The number of carbonyl (C=O) groups excluding carboxylic acids is 1. The van der Waals surface area contributed by atoms with Gasteiger partial charge in [-0.1, -0.05) is 19.1 Å². The molecule has 0 spiro atoms. The van der Waals surface area contributed by atoms with Crippen LogP contribution in [0.4, 0.5) is 0 Å². The van der Waals surface area contributed by atoms with E-state index in [2.05, 4.69) is 10.3 Å². The van der Waals surface area contributed by atoms with Gasteiger partial charge in [0, 0.05) is 6.42 Å². The fourth-order valence-corrected chi connectivity index (χ4v) is 2.99. The first-order valence-electron chi connectivity index (χ1n) is 6.97. The first-order valence-corrected chi connectivity index (χ1v) is 7.79. The van der Waals surface area contributed by atoms with Crippen molar-refractivity contribution in [2.24, 2.45) is 0 Å². The highest BCUT2D eigenvalue weighted by Gasteiger charge is 2.10. The number of benzene rings is 1. The van der Waals surface area contributed by atoms with Crippen LogP contribution in [0.25, 0.3) is 21.0 Å². The number of nitrogens with zero attached hydrogens (tertiary/aromatic N) is 1. The Morgan fingerprint density at radius 3 is 2.95 bits per heavy atom. The molecule has 0 saturated carbocycles. The van der Waals surface area contributed by atoms with Crippen LogP contribution in [0.2, 0.25) is 0 Å². The Morgan fingerprint density at radius 1 is 1.29 bits per heavy atom. The molecule has 108 valence electrons. The molecule has 2 aromatic heterocycles. The summed E-state index contributed by atoms with van der Waals surface area (Å²) in [4.78, 5) is 16.0. The molecule has 0 radical (unpaired) electrons. The number of amides is 1. The van der Waals surface area contributed by atoms with Gasteiger partial charge in [-0.2, -0.15) is 0 Å². The minimum atomic E-state index is 0.0513. The summed E-state index contributed by atoms with van der Waals surface area (Å²) in [6.45, 7) is 2.40. The highest BCUT2D eigenvalue weighted by Crippen LogP contribution is 2.30. The van der Waals surface area contributed by atoms with Crippen molar-refractivity contribution in [2.75, 3.05) is 0 Å². The predicted octanol–water partition coefficient (Wildman–Crippen LogP) is 3.97. The average Bonchev–Trinajstić information content (AvgIpc) is 3.11. The molecule has 5 heteroatoms. The quantitative estimate of drug-likeness (QED) is 0.775. The highest BCUT2D eigenvalue weighted by atomic mass is 32.1. The van der Waals surface area contributed by atoms with Crippen LogP contribution in [0, 0.1) is 0 Å². The van der Waals surface area contributed by atoms with E-state index in [1.54, 1.807) is 11.3 Å². The average molecular weight is 300 g/mol. The normalized spacial score (nSPS) is 10.9. The van der Waals surface area contributed by atoms with E-state index in [1.807, 2.05) is 43.3 Å². The van der Waals surface area contributed by atoms with Crippen LogP contribution < -0.4 is 5.32 Å². The van der Waals surface area contributed by atoms with Crippen molar-refractivity contribution in [2.45, 2.75) is 26.3 Å². The van der Waals surface area contributed by atoms with Crippen molar-refractivity contribution in [1.82, 2.24) is 10.3 Å². The van der Waals surface area contributed by atoms with E-state index in [1.165, 1.54) is 0 Å². The molecular formula is C16H16N2O2S. The summed E-state index contributed by atoms with van der Waals surface area (Å²) in [5.41, 5.74) is 0.978. The van der Waals surface area contributed by atoms with Gasteiger partial charge in [0.15, 0.2) is 10.8 Å². The smallest absolute Gasteiger partial charge is 0.220 e. The summed E-state index contributed by atoms with van der Waals surface area (Å²) < 4.78 is 6.90. The van der Waals surface area contributed by atoms with E-state index in [-0.39, 0.29) is 5.91 Å². The summed E-state index contributed by atoms with van der Waals surface area (Å²) in [5.74, 6) is 1.54. The fourth-order valence-electron chi connectivity index (χ4n) is 2.07. The Bertz CT molecular complexity index is 727. The van der Waals surface area contributed by atoms with Gasteiger partial charge in [0.05, 0.1) is 16.8 Å². The summed E-state index contributed by atoms with van der Waals surface area (Å²) in [7, 11) is 0. The summed E-state index contributed by atoms with van der Waals surface area (Å²) >= 11 is 1.60. The fraction of sp³-hybridized carbons (Fsp3) is 0.250. The summed E-state index contributed by atoms with van der Waals surface area (Å²) in [6.07, 6.45) is 1.40. The van der Waals surface area contributed by atoms with Gasteiger partial charge < -0.3 is 9.73 Å². The molecule has 0 unspecified atom stereocenters. The minimum absolute atomic E-state index is 0.0513. The second-order valence-corrected chi connectivity index (χ2v) is 5.81. The lowest BCUT2D eigenvalue weighted by molar-refractivity contribution is -0.121. The maximum absolute atomic E-state index is 11.4. The second kappa shape index (κ2) is 6.10. The number of nitrogens with one attached hydrogen (secondary N) is 1. The molecule has 0 saturated heterocycles. The lowest BCUT2D eigenvalue weighted by Crippen LogP contribution is -2.21. The van der Waals surface area contributed by atoms with Gasteiger partial charge in [0.2, 0.25) is 5.91 Å². The lowest BCUT2D eigenvalue weighted by atomic mass is 10.3. The molecule has 2 heterocycles. The van der Waals surface area contributed by atoms with Crippen molar-refractivity contribution < 1.29 is 9.21 Å². The van der Waals surface area contributed by atoms with Crippen molar-refractivity contribution in [3.05, 3.63) is 42.2 Å². The molecule has 1 N–H and O–H groups in total. The number of furan rings is 1. The van der Waals surface area contributed by atoms with Crippen LogP contribution in [0.1, 0.15) is 25.5 Å². The minimum Gasteiger partial charge on any atom is -0.457 e. The third kappa shape index (κ3) is 3.13. The van der Waals surface area contributed by atoms with Crippen molar-refractivity contribution >= 4 is 27.5 Å². The number of para-hydroxylation sites is 1. The monoisotopic (exact) mass is 300 g/mol. The molecule has 1 aromatic carbocycles. The van der Waals surface area contributed by atoms with Crippen LogP contribution in [0.3, 0.4) is 0 Å². The van der Waals surface area contributed by atoms with Gasteiger partial charge in [0.1, 0.15) is 5.76 Å². The first-order chi connectivity index (χ1) is 10.3. The lowest BCUT2D eigenvalue weighted by Gasteiger charge is -2.00. The Labute approximate surface area is 126 Å². The Kier molecular flexibility index (Phi) is 4.01. The van der Waals surface area contributed by atoms with E-state index in [0.717, 1.165) is 33.2 Å². The van der Waals surface area contributed by atoms with Crippen molar-refractivity contribution in [1.29, 1.82) is 0 Å². The number of thiazole rings is 1. The van der Waals surface area contributed by atoms with Crippen LogP contribution in [0.5, 0.6) is 0 Å². The molecule has 21 heavy (non-hydrogen) atoms. The molecule has 0 atom stereocenters.